The zero-order chi connectivity index (χ0) is 8.10. The predicted molar refractivity (Wildman–Crippen MR) is 50.2 cm³/mol. The molecule has 11 heavy (non-hydrogen) atoms. The number of methoxy groups -OCH3 is 1. The highest BCUT2D eigenvalue weighted by atomic mass is 32.2. The Labute approximate surface area is 73.1 Å². The maximum atomic E-state index is 5.14. The summed E-state index contributed by atoms with van der Waals surface area (Å²) in [4.78, 5) is 0. The fourth-order valence-electron chi connectivity index (χ4n) is 1.50. The first-order valence-corrected chi connectivity index (χ1v) is 5.28. The standard InChI is InChI=1S/C8H17NOS/c1-9-8(5-10-2)7-3-4-11-6-7/h7-9H,3-6H2,1-2H3. The van der Waals surface area contributed by atoms with Crippen LogP contribution in [0.5, 0.6) is 0 Å². The molecule has 0 amide bonds. The third kappa shape index (κ3) is 2.65. The molecule has 0 aromatic rings. The van der Waals surface area contributed by atoms with Crippen molar-refractivity contribution in [2.75, 3.05) is 32.3 Å². The highest BCUT2D eigenvalue weighted by molar-refractivity contribution is 7.99. The van der Waals surface area contributed by atoms with Crippen LogP contribution >= 0.6 is 11.8 Å². The van der Waals surface area contributed by atoms with E-state index in [2.05, 4.69) is 17.1 Å². The van der Waals surface area contributed by atoms with Gasteiger partial charge < -0.3 is 10.1 Å². The van der Waals surface area contributed by atoms with Crippen LogP contribution in [0.25, 0.3) is 0 Å². The van der Waals surface area contributed by atoms with E-state index in [0.717, 1.165) is 12.5 Å². The summed E-state index contributed by atoms with van der Waals surface area (Å²) >= 11 is 2.06. The molecule has 0 saturated carbocycles. The van der Waals surface area contributed by atoms with Crippen LogP contribution in [0.1, 0.15) is 6.42 Å². The van der Waals surface area contributed by atoms with E-state index < -0.39 is 0 Å². The summed E-state index contributed by atoms with van der Waals surface area (Å²) in [6.45, 7) is 0.849. The molecule has 1 rings (SSSR count). The number of hydrogen-bond acceptors (Lipinski definition) is 3. The van der Waals surface area contributed by atoms with Crippen LogP contribution in [0.2, 0.25) is 0 Å². The average Bonchev–Trinajstić information content (AvgIpc) is 2.52. The van der Waals surface area contributed by atoms with Crippen LogP contribution in [0.15, 0.2) is 0 Å². The van der Waals surface area contributed by atoms with Crippen molar-refractivity contribution in [3.63, 3.8) is 0 Å². The molecule has 2 unspecified atom stereocenters. The molecule has 2 atom stereocenters. The second-order valence-corrected chi connectivity index (χ2v) is 4.12. The Bertz CT molecular complexity index is 104. The molecule has 66 valence electrons. The molecular weight excluding hydrogens is 158 g/mol. The molecule has 1 aliphatic rings. The molecule has 1 saturated heterocycles. The lowest BCUT2D eigenvalue weighted by Gasteiger charge is -2.20. The lowest BCUT2D eigenvalue weighted by atomic mass is 10.0. The number of ether oxygens (including phenoxy) is 1. The van der Waals surface area contributed by atoms with Gasteiger partial charge in [0.05, 0.1) is 6.61 Å². The van der Waals surface area contributed by atoms with E-state index in [-0.39, 0.29) is 0 Å². The van der Waals surface area contributed by atoms with Crippen molar-refractivity contribution in [3.8, 4) is 0 Å². The molecule has 2 nitrogen and oxygen atoms in total. The van der Waals surface area contributed by atoms with Crippen LogP contribution in [0, 0.1) is 5.92 Å². The van der Waals surface area contributed by atoms with Gasteiger partial charge in [-0.05, 0) is 30.9 Å². The fraction of sp³-hybridized carbons (Fsp3) is 1.00. The van der Waals surface area contributed by atoms with Crippen LogP contribution < -0.4 is 5.32 Å². The summed E-state index contributed by atoms with van der Waals surface area (Å²) in [7, 11) is 3.79. The number of likely N-dealkylation sites (N-methyl/N-ethyl adjacent to an activating group) is 1. The first kappa shape index (κ1) is 9.36. The monoisotopic (exact) mass is 175 g/mol. The molecule has 3 heteroatoms. The smallest absolute Gasteiger partial charge is 0.0618 e. The maximum absolute atomic E-state index is 5.14. The van der Waals surface area contributed by atoms with E-state index >= 15 is 0 Å². The Balaban J connectivity index is 2.27. The second kappa shape index (κ2) is 5.01. The molecule has 1 aliphatic heterocycles. The molecule has 0 bridgehead atoms. The third-order valence-electron chi connectivity index (χ3n) is 2.25. The quantitative estimate of drug-likeness (QED) is 0.688. The molecule has 0 aliphatic carbocycles. The van der Waals surface area contributed by atoms with Gasteiger partial charge in [-0.15, -0.1) is 0 Å². The van der Waals surface area contributed by atoms with Crippen LogP contribution in [-0.4, -0.2) is 38.3 Å². The molecule has 0 radical (unpaired) electrons. The highest BCUT2D eigenvalue weighted by Crippen LogP contribution is 2.26. The SMILES string of the molecule is CNC(COC)C1CCSC1. The van der Waals surface area contributed by atoms with Crippen molar-refractivity contribution in [2.24, 2.45) is 5.92 Å². The van der Waals surface area contributed by atoms with Crippen molar-refractivity contribution >= 4 is 11.8 Å². The molecule has 0 aromatic heterocycles. The van der Waals surface area contributed by atoms with Crippen molar-refractivity contribution in [2.45, 2.75) is 12.5 Å². The van der Waals surface area contributed by atoms with E-state index in [1.54, 1.807) is 7.11 Å². The summed E-state index contributed by atoms with van der Waals surface area (Å²) in [5.41, 5.74) is 0. The zero-order valence-corrected chi connectivity index (χ0v) is 8.12. The Hall–Kier alpha value is 0.270. The Morgan fingerprint density at radius 2 is 2.55 bits per heavy atom. The van der Waals surface area contributed by atoms with Crippen molar-refractivity contribution < 1.29 is 4.74 Å². The first-order chi connectivity index (χ1) is 5.38. The summed E-state index contributed by atoms with van der Waals surface area (Å²) in [6.07, 6.45) is 1.35. The summed E-state index contributed by atoms with van der Waals surface area (Å²) in [6, 6.07) is 0.565. The Morgan fingerprint density at radius 3 is 3.00 bits per heavy atom. The number of nitrogens with one attached hydrogen (secondary N) is 1. The van der Waals surface area contributed by atoms with Gasteiger partial charge in [-0.3, -0.25) is 0 Å². The van der Waals surface area contributed by atoms with E-state index in [1.807, 2.05) is 7.05 Å². The van der Waals surface area contributed by atoms with Crippen LogP contribution in [-0.2, 0) is 4.74 Å². The molecular formula is C8H17NOS. The average molecular weight is 175 g/mol. The largest absolute Gasteiger partial charge is 0.383 e. The maximum Gasteiger partial charge on any atom is 0.0618 e. The van der Waals surface area contributed by atoms with Gasteiger partial charge in [0.2, 0.25) is 0 Å². The van der Waals surface area contributed by atoms with E-state index in [1.165, 1.54) is 17.9 Å². The summed E-state index contributed by atoms with van der Waals surface area (Å²) in [5, 5.41) is 3.31. The molecule has 1 fully saturated rings. The van der Waals surface area contributed by atoms with Gasteiger partial charge in [0.15, 0.2) is 0 Å². The molecule has 1 heterocycles. The lowest BCUT2D eigenvalue weighted by Crippen LogP contribution is -2.37. The number of hydrogen-bond donors (Lipinski definition) is 1. The first-order valence-electron chi connectivity index (χ1n) is 4.12. The van der Waals surface area contributed by atoms with Crippen molar-refractivity contribution in [1.82, 2.24) is 5.32 Å². The fourth-order valence-corrected chi connectivity index (χ4v) is 2.84. The van der Waals surface area contributed by atoms with Crippen molar-refractivity contribution in [3.05, 3.63) is 0 Å². The second-order valence-electron chi connectivity index (χ2n) is 2.97. The number of thioether (sulfide) groups is 1. The van der Waals surface area contributed by atoms with Crippen molar-refractivity contribution in [1.29, 1.82) is 0 Å². The zero-order valence-electron chi connectivity index (χ0n) is 7.30. The minimum Gasteiger partial charge on any atom is -0.383 e. The van der Waals surface area contributed by atoms with Gasteiger partial charge in [0.1, 0.15) is 0 Å². The van der Waals surface area contributed by atoms with Gasteiger partial charge in [0.25, 0.3) is 0 Å². The minimum atomic E-state index is 0.565. The van der Waals surface area contributed by atoms with E-state index in [4.69, 9.17) is 4.74 Å². The van der Waals surface area contributed by atoms with Gasteiger partial charge in [0, 0.05) is 13.2 Å². The lowest BCUT2D eigenvalue weighted by molar-refractivity contribution is 0.149. The Kier molecular flexibility index (Phi) is 4.26. The molecule has 0 aromatic carbocycles. The van der Waals surface area contributed by atoms with Gasteiger partial charge >= 0.3 is 0 Å². The van der Waals surface area contributed by atoms with Gasteiger partial charge in [-0.25, -0.2) is 0 Å². The normalized spacial score (nSPS) is 27.3. The highest BCUT2D eigenvalue weighted by Gasteiger charge is 2.23. The van der Waals surface area contributed by atoms with E-state index in [0.29, 0.717) is 6.04 Å². The van der Waals surface area contributed by atoms with Gasteiger partial charge in [-0.2, -0.15) is 11.8 Å². The summed E-state index contributed by atoms with van der Waals surface area (Å²) < 4.78 is 5.14. The summed E-state index contributed by atoms with van der Waals surface area (Å²) in [5.74, 6) is 3.45. The van der Waals surface area contributed by atoms with Crippen LogP contribution in [0.3, 0.4) is 0 Å². The topological polar surface area (TPSA) is 21.3 Å². The third-order valence-corrected chi connectivity index (χ3v) is 3.44. The molecule has 1 N–H and O–H groups in total. The minimum absolute atomic E-state index is 0.565. The van der Waals surface area contributed by atoms with E-state index in [9.17, 15) is 0 Å². The Morgan fingerprint density at radius 1 is 1.73 bits per heavy atom. The number of rotatable bonds is 4. The van der Waals surface area contributed by atoms with Crippen LogP contribution in [0.4, 0.5) is 0 Å². The van der Waals surface area contributed by atoms with Gasteiger partial charge in [-0.1, -0.05) is 0 Å². The predicted octanol–water partition coefficient (Wildman–Crippen LogP) is 0.974. The molecule has 0 spiro atoms.